The summed E-state index contributed by atoms with van der Waals surface area (Å²) in [5.41, 5.74) is 1.57. The highest BCUT2D eigenvalue weighted by Crippen LogP contribution is 2.38. The lowest BCUT2D eigenvalue weighted by molar-refractivity contribution is -0.142. The lowest BCUT2D eigenvalue weighted by atomic mass is 10.0. The van der Waals surface area contributed by atoms with E-state index < -0.39 is 0 Å². The summed E-state index contributed by atoms with van der Waals surface area (Å²) in [5.74, 6) is -0.189. The van der Waals surface area contributed by atoms with Gasteiger partial charge in [0.15, 0.2) is 0 Å². The van der Waals surface area contributed by atoms with Gasteiger partial charge in [0.25, 0.3) is 5.91 Å². The molecule has 3 saturated heterocycles. The highest BCUT2D eigenvalue weighted by molar-refractivity contribution is 5.94. The van der Waals surface area contributed by atoms with E-state index in [1.54, 1.807) is 30.0 Å². The van der Waals surface area contributed by atoms with E-state index >= 15 is 0 Å². The number of hydrogen-bond acceptors (Lipinski definition) is 5. The lowest BCUT2D eigenvalue weighted by Crippen LogP contribution is -2.53. The molecule has 3 amide bonds. The number of nitriles is 1. The highest BCUT2D eigenvalue weighted by atomic mass is 16.2. The predicted octanol–water partition coefficient (Wildman–Crippen LogP) is 1.89. The van der Waals surface area contributed by atoms with Crippen molar-refractivity contribution < 1.29 is 14.4 Å². The van der Waals surface area contributed by atoms with E-state index in [4.69, 9.17) is 0 Å². The summed E-state index contributed by atoms with van der Waals surface area (Å²) in [6, 6.07) is 9.22. The van der Waals surface area contributed by atoms with Gasteiger partial charge >= 0.3 is 0 Å². The van der Waals surface area contributed by atoms with Crippen molar-refractivity contribution in [1.29, 1.82) is 5.26 Å². The normalized spacial score (nSPS) is 26.4. The summed E-state index contributed by atoms with van der Waals surface area (Å²) >= 11 is 0. The maximum atomic E-state index is 13.3. The van der Waals surface area contributed by atoms with Crippen molar-refractivity contribution in [2.75, 3.05) is 33.7 Å². The zero-order chi connectivity index (χ0) is 23.9. The number of likely N-dealkylation sites (tertiary alicyclic amines) is 3. The number of fused-ring (bicyclic) bond motifs is 2. The largest absolute Gasteiger partial charge is 0.345 e. The van der Waals surface area contributed by atoms with Crippen LogP contribution >= 0.6 is 0 Å². The van der Waals surface area contributed by atoms with Crippen LogP contribution in [0.15, 0.2) is 24.3 Å². The Kier molecular flexibility index (Phi) is 6.44. The Morgan fingerprint density at radius 2 is 2.03 bits per heavy atom. The van der Waals surface area contributed by atoms with Crippen molar-refractivity contribution >= 4 is 17.7 Å². The van der Waals surface area contributed by atoms with Crippen LogP contribution in [0.5, 0.6) is 0 Å². The van der Waals surface area contributed by atoms with Crippen molar-refractivity contribution in [3.8, 4) is 6.07 Å². The zero-order valence-corrected chi connectivity index (χ0v) is 19.9. The molecule has 0 N–H and O–H groups in total. The monoisotopic (exact) mass is 451 g/mol. The van der Waals surface area contributed by atoms with Gasteiger partial charge in [-0.3, -0.25) is 19.3 Å². The first-order valence-electron chi connectivity index (χ1n) is 11.8. The topological polar surface area (TPSA) is 88.0 Å². The van der Waals surface area contributed by atoms with Gasteiger partial charge in [-0.1, -0.05) is 19.1 Å². The van der Waals surface area contributed by atoms with Crippen molar-refractivity contribution in [3.05, 3.63) is 35.4 Å². The number of benzene rings is 1. The number of hydrogen-bond donors (Lipinski definition) is 0. The fourth-order valence-corrected chi connectivity index (χ4v) is 5.63. The van der Waals surface area contributed by atoms with E-state index in [1.807, 2.05) is 36.9 Å². The molecule has 1 aromatic carbocycles. The third-order valence-electron chi connectivity index (χ3n) is 7.37. The molecule has 0 aromatic heterocycles. The lowest BCUT2D eigenvalue weighted by Gasteiger charge is -2.38. The van der Waals surface area contributed by atoms with Gasteiger partial charge in [-0.25, -0.2) is 0 Å². The van der Waals surface area contributed by atoms with E-state index in [2.05, 4.69) is 11.0 Å². The second-order valence-corrected chi connectivity index (χ2v) is 9.83. The van der Waals surface area contributed by atoms with Gasteiger partial charge in [-0.15, -0.1) is 0 Å². The summed E-state index contributed by atoms with van der Waals surface area (Å²) in [4.78, 5) is 45.9. The molecule has 3 fully saturated rings. The molecular formula is C25H33N5O3. The van der Waals surface area contributed by atoms with Crippen molar-refractivity contribution in [1.82, 2.24) is 19.6 Å². The van der Waals surface area contributed by atoms with Crippen LogP contribution in [0, 0.1) is 17.2 Å². The molecule has 3 heterocycles. The average Bonchev–Trinajstić information content (AvgIpc) is 3.52. The first kappa shape index (κ1) is 23.2. The Hall–Kier alpha value is -2.92. The second kappa shape index (κ2) is 9.14. The Bertz CT molecular complexity index is 986. The molecule has 33 heavy (non-hydrogen) atoms. The third kappa shape index (κ3) is 4.22. The Balaban J connectivity index is 1.41. The van der Waals surface area contributed by atoms with E-state index in [0.29, 0.717) is 18.7 Å². The Labute approximate surface area is 195 Å². The minimum atomic E-state index is -0.317. The molecule has 176 valence electrons. The van der Waals surface area contributed by atoms with Crippen LogP contribution < -0.4 is 0 Å². The van der Waals surface area contributed by atoms with Gasteiger partial charge < -0.3 is 14.7 Å². The number of carbonyl (C=O) groups is 3. The summed E-state index contributed by atoms with van der Waals surface area (Å²) in [6.07, 6.45) is 2.39. The van der Waals surface area contributed by atoms with Crippen LogP contribution in [-0.4, -0.2) is 89.2 Å². The highest BCUT2D eigenvalue weighted by Gasteiger charge is 2.51. The molecule has 5 atom stereocenters. The SMILES string of the molecule is C[C@H](c1cccc(C(=O)N(C)C)c1)N1C(=O)[C@H]2C[C@@H]1CN2C[C@H](C)C(=O)N1CCC[C@H]1C#N. The Morgan fingerprint density at radius 1 is 1.27 bits per heavy atom. The van der Waals surface area contributed by atoms with Gasteiger partial charge in [-0.2, -0.15) is 5.26 Å². The van der Waals surface area contributed by atoms with Crippen LogP contribution in [0.2, 0.25) is 0 Å². The van der Waals surface area contributed by atoms with Gasteiger partial charge in [0.2, 0.25) is 11.8 Å². The number of carbonyl (C=O) groups excluding carboxylic acids is 3. The van der Waals surface area contributed by atoms with Crippen LogP contribution in [0.1, 0.15) is 55.1 Å². The van der Waals surface area contributed by atoms with Gasteiger partial charge in [-0.05, 0) is 43.9 Å². The molecule has 4 rings (SSSR count). The number of nitrogens with zero attached hydrogens (tertiary/aromatic N) is 5. The minimum Gasteiger partial charge on any atom is -0.345 e. The van der Waals surface area contributed by atoms with Crippen molar-refractivity contribution in [2.45, 2.75) is 57.3 Å². The first-order valence-corrected chi connectivity index (χ1v) is 11.8. The van der Waals surface area contributed by atoms with E-state index in [-0.39, 0.29) is 47.8 Å². The maximum Gasteiger partial charge on any atom is 0.253 e. The molecule has 0 radical (unpaired) electrons. The smallest absolute Gasteiger partial charge is 0.253 e. The third-order valence-corrected chi connectivity index (χ3v) is 7.37. The molecule has 0 aliphatic carbocycles. The van der Waals surface area contributed by atoms with E-state index in [9.17, 15) is 19.6 Å². The predicted molar refractivity (Wildman–Crippen MR) is 123 cm³/mol. The fraction of sp³-hybridized carbons (Fsp3) is 0.600. The first-order chi connectivity index (χ1) is 15.7. The molecule has 3 aliphatic heterocycles. The molecule has 2 bridgehead atoms. The molecule has 0 unspecified atom stereocenters. The van der Waals surface area contributed by atoms with Crippen molar-refractivity contribution in [3.63, 3.8) is 0 Å². The number of rotatable bonds is 6. The van der Waals surface area contributed by atoms with Gasteiger partial charge in [0, 0.05) is 51.3 Å². The Morgan fingerprint density at radius 3 is 2.70 bits per heavy atom. The molecule has 8 heteroatoms. The molecule has 0 saturated carbocycles. The molecular weight excluding hydrogens is 418 g/mol. The van der Waals surface area contributed by atoms with E-state index in [0.717, 1.165) is 31.4 Å². The standard InChI is InChI=1S/C25H33N5O3/c1-16(23(31)29-10-6-9-20(29)13-26)14-28-15-21-12-22(28)25(33)30(21)17(2)18-7-5-8-19(11-18)24(32)27(3)4/h5,7-8,11,16-17,20-22H,6,9-10,12,14-15H2,1-4H3/t16-,17+,20-,21+,22+/m0/s1. The summed E-state index contributed by atoms with van der Waals surface area (Å²) in [6.45, 7) is 5.85. The minimum absolute atomic E-state index is 0.0156. The molecule has 0 spiro atoms. The van der Waals surface area contributed by atoms with Crippen molar-refractivity contribution in [2.24, 2.45) is 5.92 Å². The molecule has 1 aromatic rings. The molecule has 3 aliphatic rings. The van der Waals surface area contributed by atoms with E-state index in [1.165, 1.54) is 0 Å². The average molecular weight is 452 g/mol. The molecule has 8 nitrogen and oxygen atoms in total. The number of piperazine rings is 1. The van der Waals surface area contributed by atoms with Crippen LogP contribution in [0.4, 0.5) is 0 Å². The summed E-state index contributed by atoms with van der Waals surface area (Å²) in [5, 5.41) is 9.30. The van der Waals surface area contributed by atoms with Crippen LogP contribution in [-0.2, 0) is 9.59 Å². The van der Waals surface area contributed by atoms with Crippen LogP contribution in [0.25, 0.3) is 0 Å². The second-order valence-electron chi connectivity index (χ2n) is 9.83. The van der Waals surface area contributed by atoms with Crippen LogP contribution in [0.3, 0.4) is 0 Å². The summed E-state index contributed by atoms with van der Waals surface area (Å²) < 4.78 is 0. The van der Waals surface area contributed by atoms with Gasteiger partial charge in [0.05, 0.1) is 18.2 Å². The fourth-order valence-electron chi connectivity index (χ4n) is 5.63. The van der Waals surface area contributed by atoms with Gasteiger partial charge in [0.1, 0.15) is 6.04 Å². The zero-order valence-electron chi connectivity index (χ0n) is 19.9. The summed E-state index contributed by atoms with van der Waals surface area (Å²) in [7, 11) is 3.46. The maximum absolute atomic E-state index is 13.3. The quantitative estimate of drug-likeness (QED) is 0.659. The number of amides is 3.